The van der Waals surface area contributed by atoms with E-state index in [2.05, 4.69) is 23.2 Å². The highest BCUT2D eigenvalue weighted by Gasteiger charge is 2.22. The molecule has 118 valence electrons. The second kappa shape index (κ2) is 8.51. The molecule has 1 saturated heterocycles. The number of amides is 1. The van der Waals surface area contributed by atoms with E-state index in [1.165, 1.54) is 11.3 Å². The van der Waals surface area contributed by atoms with E-state index >= 15 is 0 Å². The Bertz CT molecular complexity index is 447. The molecule has 1 aromatic heterocycles. The molecule has 0 aromatic carbocycles. The van der Waals surface area contributed by atoms with Crippen molar-refractivity contribution in [1.29, 1.82) is 0 Å². The van der Waals surface area contributed by atoms with Gasteiger partial charge in [0.15, 0.2) is 0 Å². The average Bonchev–Trinajstić information content (AvgIpc) is 3.07. The van der Waals surface area contributed by atoms with Crippen LogP contribution in [0.3, 0.4) is 0 Å². The molecule has 5 heteroatoms. The van der Waals surface area contributed by atoms with Gasteiger partial charge in [-0.3, -0.25) is 9.69 Å². The third kappa shape index (κ3) is 5.41. The Balaban J connectivity index is 1.54. The maximum Gasteiger partial charge on any atom is 0.225 e. The summed E-state index contributed by atoms with van der Waals surface area (Å²) < 4.78 is 0. The van der Waals surface area contributed by atoms with E-state index < -0.39 is 0 Å². The molecule has 1 atom stereocenters. The van der Waals surface area contributed by atoms with E-state index in [1.54, 1.807) is 11.3 Å². The van der Waals surface area contributed by atoms with Gasteiger partial charge in [0.2, 0.25) is 5.91 Å². The maximum absolute atomic E-state index is 11.8. The highest BCUT2D eigenvalue weighted by molar-refractivity contribution is 7.12. The van der Waals surface area contributed by atoms with Crippen molar-refractivity contribution < 1.29 is 9.90 Å². The van der Waals surface area contributed by atoms with Crippen LogP contribution in [0.4, 0.5) is 0 Å². The first-order chi connectivity index (χ1) is 10.2. The summed E-state index contributed by atoms with van der Waals surface area (Å²) in [5.74, 6) is 0.117. The minimum atomic E-state index is 0.117. The van der Waals surface area contributed by atoms with Gasteiger partial charge in [0.05, 0.1) is 13.0 Å². The molecule has 2 N–H and O–H groups in total. The Labute approximate surface area is 131 Å². The molecule has 1 fully saturated rings. The van der Waals surface area contributed by atoms with Gasteiger partial charge in [0, 0.05) is 22.3 Å². The van der Waals surface area contributed by atoms with Crippen LogP contribution in [-0.2, 0) is 11.2 Å². The normalized spacial score (nSPS) is 19.0. The van der Waals surface area contributed by atoms with Crippen molar-refractivity contribution in [2.45, 2.75) is 45.1 Å². The van der Waals surface area contributed by atoms with Gasteiger partial charge >= 0.3 is 0 Å². The lowest BCUT2D eigenvalue weighted by atomic mass is 10.2. The second-order valence-electron chi connectivity index (χ2n) is 5.76. The molecule has 21 heavy (non-hydrogen) atoms. The largest absolute Gasteiger partial charge is 0.395 e. The number of likely N-dealkylation sites (tertiary alicyclic amines) is 1. The predicted octanol–water partition coefficient (Wildman–Crippen LogP) is 1.95. The van der Waals surface area contributed by atoms with Crippen molar-refractivity contribution in [1.82, 2.24) is 10.2 Å². The third-order valence-electron chi connectivity index (χ3n) is 4.03. The topological polar surface area (TPSA) is 52.6 Å². The number of thiophene rings is 1. The Hall–Kier alpha value is -0.910. The van der Waals surface area contributed by atoms with Gasteiger partial charge in [-0.2, -0.15) is 0 Å². The van der Waals surface area contributed by atoms with Crippen LogP contribution in [-0.4, -0.2) is 48.2 Å². The zero-order valence-electron chi connectivity index (χ0n) is 12.8. The number of nitrogens with zero attached hydrogens (tertiary/aromatic N) is 1. The number of unbranched alkanes of at least 4 members (excludes halogenated alkanes) is 1. The summed E-state index contributed by atoms with van der Waals surface area (Å²) in [6.07, 6.45) is 4.89. The monoisotopic (exact) mass is 310 g/mol. The molecule has 0 bridgehead atoms. The summed E-state index contributed by atoms with van der Waals surface area (Å²) in [4.78, 5) is 16.5. The molecular formula is C16H26N2O2S. The minimum absolute atomic E-state index is 0.117. The first-order valence-electron chi connectivity index (χ1n) is 7.86. The van der Waals surface area contributed by atoms with E-state index in [1.807, 2.05) is 6.07 Å². The van der Waals surface area contributed by atoms with E-state index in [-0.39, 0.29) is 12.5 Å². The van der Waals surface area contributed by atoms with Gasteiger partial charge in [-0.25, -0.2) is 0 Å². The Morgan fingerprint density at radius 1 is 1.48 bits per heavy atom. The SMILES string of the molecule is Cc1ccc(CC(=O)NCCCCN2CCCC2CO)s1. The lowest BCUT2D eigenvalue weighted by Crippen LogP contribution is -2.33. The molecule has 1 aliphatic rings. The Morgan fingerprint density at radius 3 is 3.05 bits per heavy atom. The van der Waals surface area contributed by atoms with Gasteiger partial charge in [-0.05, 0) is 57.8 Å². The molecule has 2 rings (SSSR count). The van der Waals surface area contributed by atoms with Gasteiger partial charge in [-0.1, -0.05) is 0 Å². The van der Waals surface area contributed by atoms with Crippen LogP contribution in [0.15, 0.2) is 12.1 Å². The number of rotatable bonds is 8. The van der Waals surface area contributed by atoms with Crippen LogP contribution in [0, 0.1) is 6.92 Å². The van der Waals surface area contributed by atoms with Crippen molar-refractivity contribution in [3.63, 3.8) is 0 Å². The van der Waals surface area contributed by atoms with Gasteiger partial charge in [-0.15, -0.1) is 11.3 Å². The van der Waals surface area contributed by atoms with Crippen LogP contribution < -0.4 is 5.32 Å². The standard InChI is InChI=1S/C16H26N2O2S/c1-13-6-7-15(21-13)11-16(20)17-8-2-3-9-18-10-4-5-14(18)12-19/h6-7,14,19H,2-5,8-12H2,1H3,(H,17,20). The summed E-state index contributed by atoms with van der Waals surface area (Å²) in [5, 5.41) is 12.2. The van der Waals surface area contributed by atoms with Crippen LogP contribution in [0.25, 0.3) is 0 Å². The number of hydrogen-bond donors (Lipinski definition) is 2. The molecular weight excluding hydrogens is 284 g/mol. The molecule has 1 aliphatic heterocycles. The van der Waals surface area contributed by atoms with Gasteiger partial charge in [0.1, 0.15) is 0 Å². The van der Waals surface area contributed by atoms with Crippen molar-refractivity contribution in [2.24, 2.45) is 0 Å². The summed E-state index contributed by atoms with van der Waals surface area (Å²) >= 11 is 1.69. The number of aliphatic hydroxyl groups is 1. The molecule has 2 heterocycles. The smallest absolute Gasteiger partial charge is 0.225 e. The average molecular weight is 310 g/mol. The summed E-state index contributed by atoms with van der Waals surface area (Å²) in [6.45, 7) is 5.22. The fourth-order valence-electron chi connectivity index (χ4n) is 2.86. The first kappa shape index (κ1) is 16.5. The minimum Gasteiger partial charge on any atom is -0.395 e. The van der Waals surface area contributed by atoms with E-state index in [9.17, 15) is 9.90 Å². The van der Waals surface area contributed by atoms with Crippen LogP contribution in [0.1, 0.15) is 35.4 Å². The lowest BCUT2D eigenvalue weighted by molar-refractivity contribution is -0.120. The number of aryl methyl sites for hydroxylation is 1. The van der Waals surface area contributed by atoms with E-state index in [0.29, 0.717) is 12.5 Å². The van der Waals surface area contributed by atoms with Crippen molar-refractivity contribution >= 4 is 17.2 Å². The Kier molecular flexibility index (Phi) is 6.67. The van der Waals surface area contributed by atoms with Gasteiger partial charge < -0.3 is 10.4 Å². The molecule has 1 aromatic rings. The summed E-state index contributed by atoms with van der Waals surface area (Å²) in [7, 11) is 0. The van der Waals surface area contributed by atoms with E-state index in [4.69, 9.17) is 0 Å². The molecule has 1 amide bonds. The quantitative estimate of drug-likeness (QED) is 0.722. The summed E-state index contributed by atoms with van der Waals surface area (Å²) in [6, 6.07) is 4.45. The van der Waals surface area contributed by atoms with Crippen LogP contribution in [0.5, 0.6) is 0 Å². The maximum atomic E-state index is 11.8. The molecule has 0 aliphatic carbocycles. The molecule has 0 radical (unpaired) electrons. The first-order valence-corrected chi connectivity index (χ1v) is 8.67. The number of aliphatic hydroxyl groups excluding tert-OH is 1. The summed E-state index contributed by atoms with van der Waals surface area (Å²) in [5.41, 5.74) is 0. The highest BCUT2D eigenvalue weighted by Crippen LogP contribution is 2.17. The number of carbonyl (C=O) groups is 1. The van der Waals surface area contributed by atoms with Crippen LogP contribution in [0.2, 0.25) is 0 Å². The zero-order valence-corrected chi connectivity index (χ0v) is 13.6. The lowest BCUT2D eigenvalue weighted by Gasteiger charge is -2.22. The third-order valence-corrected chi connectivity index (χ3v) is 5.04. The van der Waals surface area contributed by atoms with Crippen molar-refractivity contribution in [3.05, 3.63) is 21.9 Å². The van der Waals surface area contributed by atoms with Crippen molar-refractivity contribution in [2.75, 3.05) is 26.2 Å². The fourth-order valence-corrected chi connectivity index (χ4v) is 3.75. The van der Waals surface area contributed by atoms with E-state index in [0.717, 1.165) is 43.8 Å². The van der Waals surface area contributed by atoms with Crippen molar-refractivity contribution in [3.8, 4) is 0 Å². The van der Waals surface area contributed by atoms with Crippen LogP contribution >= 0.6 is 11.3 Å². The number of hydrogen-bond acceptors (Lipinski definition) is 4. The Morgan fingerprint density at radius 2 is 2.33 bits per heavy atom. The zero-order chi connectivity index (χ0) is 15.1. The highest BCUT2D eigenvalue weighted by atomic mass is 32.1. The fraction of sp³-hybridized carbons (Fsp3) is 0.688. The molecule has 0 spiro atoms. The van der Waals surface area contributed by atoms with Gasteiger partial charge in [0.25, 0.3) is 0 Å². The predicted molar refractivity (Wildman–Crippen MR) is 86.7 cm³/mol. The second-order valence-corrected chi connectivity index (χ2v) is 7.13. The number of nitrogens with one attached hydrogen (secondary N) is 1. The molecule has 0 saturated carbocycles. The number of carbonyl (C=O) groups excluding carboxylic acids is 1. The molecule has 1 unspecified atom stereocenters. The molecule has 4 nitrogen and oxygen atoms in total.